The SMILES string of the molecule is Cc1cccc(NC(=O)C(=S)N2CCOCC2)c1C. The predicted molar refractivity (Wildman–Crippen MR) is 79.5 cm³/mol. The topological polar surface area (TPSA) is 41.6 Å². The summed E-state index contributed by atoms with van der Waals surface area (Å²) in [5, 5.41) is 2.89. The number of aryl methyl sites for hydroxylation is 1. The first-order valence-electron chi connectivity index (χ1n) is 6.34. The lowest BCUT2D eigenvalue weighted by molar-refractivity contribution is -0.111. The van der Waals surface area contributed by atoms with E-state index in [1.807, 2.05) is 36.9 Å². The molecule has 1 aliphatic heterocycles. The van der Waals surface area contributed by atoms with E-state index in [0.717, 1.165) is 16.8 Å². The van der Waals surface area contributed by atoms with E-state index in [2.05, 4.69) is 5.32 Å². The number of ether oxygens (including phenoxy) is 1. The maximum atomic E-state index is 12.1. The molecule has 0 saturated carbocycles. The summed E-state index contributed by atoms with van der Waals surface area (Å²) in [5.74, 6) is -0.217. The summed E-state index contributed by atoms with van der Waals surface area (Å²) in [6.07, 6.45) is 0. The van der Waals surface area contributed by atoms with E-state index in [4.69, 9.17) is 17.0 Å². The number of anilines is 1. The first-order valence-corrected chi connectivity index (χ1v) is 6.74. The van der Waals surface area contributed by atoms with Crippen molar-refractivity contribution in [2.24, 2.45) is 0 Å². The van der Waals surface area contributed by atoms with Gasteiger partial charge in [0.25, 0.3) is 5.91 Å². The molecule has 1 aromatic carbocycles. The quantitative estimate of drug-likeness (QED) is 0.797. The van der Waals surface area contributed by atoms with Crippen LogP contribution < -0.4 is 5.32 Å². The molecule has 1 aromatic rings. The molecule has 102 valence electrons. The minimum atomic E-state index is -0.217. The molecule has 1 aliphatic rings. The van der Waals surface area contributed by atoms with Crippen molar-refractivity contribution in [1.82, 2.24) is 4.90 Å². The fourth-order valence-corrected chi connectivity index (χ4v) is 2.21. The van der Waals surface area contributed by atoms with Crippen molar-refractivity contribution in [1.29, 1.82) is 0 Å². The van der Waals surface area contributed by atoms with Crippen LogP contribution in [-0.2, 0) is 9.53 Å². The van der Waals surface area contributed by atoms with Gasteiger partial charge in [-0.3, -0.25) is 4.79 Å². The van der Waals surface area contributed by atoms with Crippen molar-refractivity contribution in [3.8, 4) is 0 Å². The Hall–Kier alpha value is -1.46. The lowest BCUT2D eigenvalue weighted by atomic mass is 10.1. The second kappa shape index (κ2) is 6.12. The highest BCUT2D eigenvalue weighted by Crippen LogP contribution is 2.18. The van der Waals surface area contributed by atoms with E-state index < -0.39 is 0 Å². The standard InChI is InChI=1S/C14H18N2O2S/c1-10-4-3-5-12(11(10)2)15-13(17)14(19)16-6-8-18-9-7-16/h3-5H,6-9H2,1-2H3,(H,15,17). The van der Waals surface area contributed by atoms with Crippen LogP contribution in [0.4, 0.5) is 5.69 Å². The number of nitrogens with one attached hydrogen (secondary N) is 1. The number of benzene rings is 1. The third-order valence-electron chi connectivity index (χ3n) is 3.35. The van der Waals surface area contributed by atoms with Crippen molar-refractivity contribution in [2.45, 2.75) is 13.8 Å². The molecule has 1 heterocycles. The van der Waals surface area contributed by atoms with Gasteiger partial charge in [0.1, 0.15) is 0 Å². The van der Waals surface area contributed by atoms with Gasteiger partial charge in [-0.25, -0.2) is 0 Å². The molecule has 2 rings (SSSR count). The molecule has 1 saturated heterocycles. The van der Waals surface area contributed by atoms with E-state index >= 15 is 0 Å². The van der Waals surface area contributed by atoms with Gasteiger partial charge in [-0.2, -0.15) is 0 Å². The average molecular weight is 278 g/mol. The Morgan fingerprint density at radius 2 is 2.00 bits per heavy atom. The summed E-state index contributed by atoms with van der Waals surface area (Å²) in [4.78, 5) is 14.4. The molecule has 4 nitrogen and oxygen atoms in total. The van der Waals surface area contributed by atoms with Gasteiger partial charge < -0.3 is 15.0 Å². The molecule has 1 fully saturated rings. The van der Waals surface area contributed by atoms with Gasteiger partial charge in [0.2, 0.25) is 0 Å². The zero-order valence-electron chi connectivity index (χ0n) is 11.2. The number of hydrogen-bond acceptors (Lipinski definition) is 3. The Bertz CT molecular complexity index is 496. The zero-order valence-corrected chi connectivity index (χ0v) is 12.0. The number of rotatable bonds is 1. The Labute approximate surface area is 118 Å². The number of morpholine rings is 1. The number of hydrogen-bond donors (Lipinski definition) is 1. The lowest BCUT2D eigenvalue weighted by Gasteiger charge is -2.28. The number of thiocarbonyl (C=S) groups is 1. The number of nitrogens with zero attached hydrogens (tertiary/aromatic N) is 1. The monoisotopic (exact) mass is 278 g/mol. The van der Waals surface area contributed by atoms with Crippen LogP contribution >= 0.6 is 12.2 Å². The van der Waals surface area contributed by atoms with Crippen LogP contribution in [0.2, 0.25) is 0 Å². The van der Waals surface area contributed by atoms with Crippen LogP contribution in [0.25, 0.3) is 0 Å². The van der Waals surface area contributed by atoms with Crippen LogP contribution in [0.5, 0.6) is 0 Å². The maximum Gasteiger partial charge on any atom is 0.283 e. The van der Waals surface area contributed by atoms with Crippen LogP contribution in [0.1, 0.15) is 11.1 Å². The van der Waals surface area contributed by atoms with Gasteiger partial charge in [-0.1, -0.05) is 24.4 Å². The minimum absolute atomic E-state index is 0.217. The summed E-state index contributed by atoms with van der Waals surface area (Å²) >= 11 is 5.23. The molecule has 0 spiro atoms. The maximum absolute atomic E-state index is 12.1. The molecule has 0 unspecified atom stereocenters. The van der Waals surface area contributed by atoms with Crippen LogP contribution in [-0.4, -0.2) is 42.1 Å². The Kier molecular flexibility index (Phi) is 4.50. The number of carbonyl (C=O) groups excluding carboxylic acids is 1. The first kappa shape index (κ1) is 14.0. The summed E-state index contributed by atoms with van der Waals surface area (Å²) in [6, 6.07) is 5.84. The highest BCUT2D eigenvalue weighted by Gasteiger charge is 2.20. The highest BCUT2D eigenvalue weighted by molar-refractivity contribution is 7.82. The van der Waals surface area contributed by atoms with E-state index in [9.17, 15) is 4.79 Å². The Morgan fingerprint density at radius 3 is 2.68 bits per heavy atom. The van der Waals surface area contributed by atoms with E-state index in [-0.39, 0.29) is 5.91 Å². The van der Waals surface area contributed by atoms with Gasteiger partial charge in [-0.15, -0.1) is 0 Å². The molecule has 5 heteroatoms. The fraction of sp³-hybridized carbons (Fsp3) is 0.429. The van der Waals surface area contributed by atoms with Gasteiger partial charge in [0.15, 0.2) is 4.99 Å². The molecule has 0 atom stereocenters. The lowest BCUT2D eigenvalue weighted by Crippen LogP contribution is -2.44. The summed E-state index contributed by atoms with van der Waals surface area (Å²) in [6.45, 7) is 6.61. The van der Waals surface area contributed by atoms with Gasteiger partial charge in [-0.05, 0) is 31.0 Å². The van der Waals surface area contributed by atoms with Crippen LogP contribution in [0.15, 0.2) is 18.2 Å². The Morgan fingerprint density at radius 1 is 1.32 bits per heavy atom. The van der Waals surface area contributed by atoms with Crippen LogP contribution in [0.3, 0.4) is 0 Å². The van der Waals surface area contributed by atoms with Crippen molar-refractivity contribution in [2.75, 3.05) is 31.6 Å². The first-order chi connectivity index (χ1) is 9.09. The fourth-order valence-electron chi connectivity index (χ4n) is 1.97. The third kappa shape index (κ3) is 3.30. The minimum Gasteiger partial charge on any atom is -0.378 e. The van der Waals surface area contributed by atoms with Crippen molar-refractivity contribution in [3.05, 3.63) is 29.3 Å². The highest BCUT2D eigenvalue weighted by atomic mass is 32.1. The number of carbonyl (C=O) groups is 1. The molecule has 19 heavy (non-hydrogen) atoms. The molecule has 0 bridgehead atoms. The van der Waals surface area contributed by atoms with Crippen molar-refractivity contribution < 1.29 is 9.53 Å². The zero-order chi connectivity index (χ0) is 13.8. The molecule has 1 N–H and O–H groups in total. The molecule has 0 radical (unpaired) electrons. The van der Waals surface area contributed by atoms with Crippen molar-refractivity contribution >= 4 is 28.8 Å². The molecule has 0 aliphatic carbocycles. The largest absolute Gasteiger partial charge is 0.378 e. The smallest absolute Gasteiger partial charge is 0.283 e. The second-order valence-electron chi connectivity index (χ2n) is 4.61. The molecular weight excluding hydrogens is 260 g/mol. The summed E-state index contributed by atoms with van der Waals surface area (Å²) < 4.78 is 5.25. The van der Waals surface area contributed by atoms with Gasteiger partial charge >= 0.3 is 0 Å². The third-order valence-corrected chi connectivity index (χ3v) is 3.79. The summed E-state index contributed by atoms with van der Waals surface area (Å²) in [5.41, 5.74) is 3.04. The van der Waals surface area contributed by atoms with Gasteiger partial charge in [0.05, 0.1) is 13.2 Å². The van der Waals surface area contributed by atoms with E-state index in [1.165, 1.54) is 0 Å². The second-order valence-corrected chi connectivity index (χ2v) is 4.99. The normalized spacial score (nSPS) is 15.2. The number of amides is 1. The van der Waals surface area contributed by atoms with Crippen molar-refractivity contribution in [3.63, 3.8) is 0 Å². The van der Waals surface area contributed by atoms with Crippen LogP contribution in [0, 0.1) is 13.8 Å². The Balaban J connectivity index is 2.04. The van der Waals surface area contributed by atoms with E-state index in [0.29, 0.717) is 31.3 Å². The molecular formula is C14H18N2O2S. The average Bonchev–Trinajstić information content (AvgIpc) is 2.44. The molecule has 1 amide bonds. The summed E-state index contributed by atoms with van der Waals surface area (Å²) in [7, 11) is 0. The predicted octanol–water partition coefficient (Wildman–Crippen LogP) is 1.90. The van der Waals surface area contributed by atoms with E-state index in [1.54, 1.807) is 0 Å². The molecule has 0 aromatic heterocycles. The van der Waals surface area contributed by atoms with Gasteiger partial charge in [0, 0.05) is 18.8 Å².